The average molecular weight is 458 g/mol. The molecule has 0 amide bonds. The molecule has 4 rings (SSSR count). The van der Waals surface area contributed by atoms with Crippen LogP contribution in [0.3, 0.4) is 0 Å². The topological polar surface area (TPSA) is 80.0 Å². The van der Waals surface area contributed by atoms with Crippen LogP contribution in [0.25, 0.3) is 11.3 Å². The largest absolute Gasteiger partial charge is 0.490 e. The fourth-order valence-corrected chi connectivity index (χ4v) is 4.48. The van der Waals surface area contributed by atoms with Crippen LogP contribution in [0.15, 0.2) is 28.8 Å². The van der Waals surface area contributed by atoms with Crippen molar-refractivity contribution in [2.75, 3.05) is 6.61 Å². The minimum atomic E-state index is -0.159. The molecule has 2 heterocycles. The van der Waals surface area contributed by atoms with E-state index in [-0.39, 0.29) is 30.4 Å². The second kappa shape index (κ2) is 11.2. The van der Waals surface area contributed by atoms with Crippen LogP contribution in [-0.2, 0) is 25.6 Å². The van der Waals surface area contributed by atoms with Crippen LogP contribution < -0.4 is 4.74 Å². The van der Waals surface area contributed by atoms with Gasteiger partial charge in [0.2, 0.25) is 0 Å². The third-order valence-electron chi connectivity index (χ3n) is 6.27. The van der Waals surface area contributed by atoms with E-state index in [2.05, 4.69) is 5.16 Å². The summed E-state index contributed by atoms with van der Waals surface area (Å²) >= 11 is 0. The molecule has 0 bridgehead atoms. The molecule has 1 aromatic heterocycles. The van der Waals surface area contributed by atoms with E-state index in [1.807, 2.05) is 45.0 Å². The first-order valence-electron chi connectivity index (χ1n) is 12.2. The van der Waals surface area contributed by atoms with Gasteiger partial charge in [-0.3, -0.25) is 4.79 Å². The number of aromatic nitrogens is 1. The predicted molar refractivity (Wildman–Crippen MR) is 123 cm³/mol. The Morgan fingerprint density at radius 2 is 1.94 bits per heavy atom. The molecule has 33 heavy (non-hydrogen) atoms. The lowest BCUT2D eigenvalue weighted by atomic mass is 9.87. The fraction of sp³-hybridized carbons (Fsp3) is 0.615. The molecule has 2 aliphatic rings. The van der Waals surface area contributed by atoms with Gasteiger partial charge in [-0.25, -0.2) is 0 Å². The van der Waals surface area contributed by atoms with Gasteiger partial charge in [0.25, 0.3) is 0 Å². The highest BCUT2D eigenvalue weighted by atomic mass is 16.7. The fourth-order valence-electron chi connectivity index (χ4n) is 4.48. The molecule has 0 N–H and O–H groups in total. The number of esters is 1. The molecule has 1 unspecified atom stereocenters. The molecule has 3 atom stereocenters. The van der Waals surface area contributed by atoms with Gasteiger partial charge in [-0.2, -0.15) is 0 Å². The van der Waals surface area contributed by atoms with Gasteiger partial charge < -0.3 is 23.5 Å². The Bertz CT molecular complexity index is 900. The first kappa shape index (κ1) is 23.8. The zero-order chi connectivity index (χ0) is 23.2. The zero-order valence-electron chi connectivity index (χ0n) is 19.9. The van der Waals surface area contributed by atoms with E-state index >= 15 is 0 Å². The maximum Gasteiger partial charge on any atom is 0.309 e. The SMILES string of the molecule is Cc1noc(-c2ccc(O[C@H]3CCC[C@H](C(=O)OC(C)C)C3)cc2)c1COC1CCCCO1. The highest BCUT2D eigenvalue weighted by Gasteiger charge is 2.30. The van der Waals surface area contributed by atoms with Gasteiger partial charge in [-0.15, -0.1) is 0 Å². The standard InChI is InChI=1S/C26H35NO6/c1-17(2)31-26(28)20-7-6-8-22(15-20)32-21-12-10-19(11-13-21)25-23(18(3)27-33-25)16-30-24-9-4-5-14-29-24/h10-13,17,20,22,24H,4-9,14-16H2,1-3H3/t20-,22-,24?/m0/s1. The Balaban J connectivity index is 1.36. The molecular formula is C26H35NO6. The van der Waals surface area contributed by atoms with Crippen molar-refractivity contribution in [3.63, 3.8) is 0 Å². The van der Waals surface area contributed by atoms with Crippen molar-refractivity contribution in [1.29, 1.82) is 0 Å². The summed E-state index contributed by atoms with van der Waals surface area (Å²) < 4.78 is 28.8. The van der Waals surface area contributed by atoms with Crippen molar-refractivity contribution < 1.29 is 28.3 Å². The number of hydrogen-bond donors (Lipinski definition) is 0. The van der Waals surface area contributed by atoms with Crippen LogP contribution >= 0.6 is 0 Å². The van der Waals surface area contributed by atoms with Crippen LogP contribution in [0.4, 0.5) is 0 Å². The summed E-state index contributed by atoms with van der Waals surface area (Å²) in [5, 5.41) is 4.15. The molecule has 7 nitrogen and oxygen atoms in total. The van der Waals surface area contributed by atoms with E-state index in [1.54, 1.807) is 0 Å². The third kappa shape index (κ3) is 6.36. The highest BCUT2D eigenvalue weighted by molar-refractivity contribution is 5.72. The van der Waals surface area contributed by atoms with Gasteiger partial charge in [-0.05, 0) is 90.0 Å². The van der Waals surface area contributed by atoms with Crippen molar-refractivity contribution in [3.8, 4) is 17.1 Å². The first-order valence-corrected chi connectivity index (χ1v) is 12.2. The van der Waals surface area contributed by atoms with Crippen LogP contribution in [0.5, 0.6) is 5.75 Å². The second-order valence-electron chi connectivity index (χ2n) is 9.30. The predicted octanol–water partition coefficient (Wildman–Crippen LogP) is 5.58. The number of carbonyl (C=O) groups is 1. The summed E-state index contributed by atoms with van der Waals surface area (Å²) in [5.74, 6) is 1.30. The Hall–Kier alpha value is -2.38. The van der Waals surface area contributed by atoms with E-state index in [9.17, 15) is 4.79 Å². The minimum absolute atomic E-state index is 0.0151. The lowest BCUT2D eigenvalue weighted by molar-refractivity contribution is -0.168. The molecule has 0 spiro atoms. The quantitative estimate of drug-likeness (QED) is 0.479. The Labute approximate surface area is 195 Å². The lowest BCUT2D eigenvalue weighted by Crippen LogP contribution is -2.31. The summed E-state index contributed by atoms with van der Waals surface area (Å²) in [6.07, 6.45) is 6.38. The van der Waals surface area contributed by atoms with Gasteiger partial charge in [-0.1, -0.05) is 5.16 Å². The van der Waals surface area contributed by atoms with Crippen molar-refractivity contribution in [2.24, 2.45) is 5.92 Å². The van der Waals surface area contributed by atoms with Crippen molar-refractivity contribution in [1.82, 2.24) is 5.16 Å². The van der Waals surface area contributed by atoms with Gasteiger partial charge in [0, 0.05) is 17.7 Å². The number of hydrogen-bond acceptors (Lipinski definition) is 7. The molecule has 1 aliphatic carbocycles. The first-order chi connectivity index (χ1) is 16.0. The van der Waals surface area contributed by atoms with Crippen molar-refractivity contribution in [2.45, 2.75) is 90.8 Å². The third-order valence-corrected chi connectivity index (χ3v) is 6.27. The highest BCUT2D eigenvalue weighted by Crippen LogP contribution is 2.32. The molecule has 2 fully saturated rings. The molecule has 0 radical (unpaired) electrons. The Morgan fingerprint density at radius 1 is 1.12 bits per heavy atom. The summed E-state index contributed by atoms with van der Waals surface area (Å²) in [7, 11) is 0. The number of nitrogens with zero attached hydrogens (tertiary/aromatic N) is 1. The maximum absolute atomic E-state index is 12.3. The molecule has 1 aromatic carbocycles. The van der Waals surface area contributed by atoms with Crippen molar-refractivity contribution in [3.05, 3.63) is 35.5 Å². The molecular weight excluding hydrogens is 422 g/mol. The van der Waals surface area contributed by atoms with E-state index in [4.69, 9.17) is 23.5 Å². The Morgan fingerprint density at radius 3 is 2.67 bits per heavy atom. The monoisotopic (exact) mass is 457 g/mol. The van der Waals surface area contributed by atoms with Gasteiger partial charge >= 0.3 is 5.97 Å². The lowest BCUT2D eigenvalue weighted by Gasteiger charge is -2.29. The molecule has 1 saturated heterocycles. The van der Waals surface area contributed by atoms with Crippen molar-refractivity contribution >= 4 is 5.97 Å². The second-order valence-corrected chi connectivity index (χ2v) is 9.30. The molecule has 7 heteroatoms. The zero-order valence-corrected chi connectivity index (χ0v) is 19.9. The van der Waals surface area contributed by atoms with E-state index in [0.29, 0.717) is 18.8 Å². The summed E-state index contributed by atoms with van der Waals surface area (Å²) in [6, 6.07) is 7.84. The van der Waals surface area contributed by atoms with Crippen LogP contribution in [0.2, 0.25) is 0 Å². The number of rotatable bonds is 8. The summed E-state index contributed by atoms with van der Waals surface area (Å²) in [5.41, 5.74) is 2.69. The number of benzene rings is 1. The van der Waals surface area contributed by atoms with Crippen LogP contribution in [0, 0.1) is 12.8 Å². The molecule has 2 aromatic rings. The molecule has 1 aliphatic heterocycles. The van der Waals surface area contributed by atoms with Crippen LogP contribution in [0.1, 0.15) is 70.1 Å². The number of aryl methyl sites for hydroxylation is 1. The van der Waals surface area contributed by atoms with Crippen LogP contribution in [-0.4, -0.2) is 36.2 Å². The van der Waals surface area contributed by atoms with E-state index in [1.165, 1.54) is 0 Å². The van der Waals surface area contributed by atoms with Gasteiger partial charge in [0.05, 0.1) is 30.4 Å². The smallest absolute Gasteiger partial charge is 0.309 e. The summed E-state index contributed by atoms with van der Waals surface area (Å²) in [4.78, 5) is 12.3. The minimum Gasteiger partial charge on any atom is -0.490 e. The van der Waals surface area contributed by atoms with E-state index < -0.39 is 0 Å². The molecule has 1 saturated carbocycles. The normalized spacial score (nSPS) is 23.5. The average Bonchev–Trinajstić information content (AvgIpc) is 3.19. The van der Waals surface area contributed by atoms with Gasteiger partial charge in [0.1, 0.15) is 5.75 Å². The van der Waals surface area contributed by atoms with Gasteiger partial charge in [0.15, 0.2) is 12.1 Å². The Kier molecular flexibility index (Phi) is 8.04. The van der Waals surface area contributed by atoms with E-state index in [0.717, 1.165) is 67.7 Å². The maximum atomic E-state index is 12.3. The summed E-state index contributed by atoms with van der Waals surface area (Å²) in [6.45, 7) is 6.85. The molecule has 180 valence electrons. The number of carbonyl (C=O) groups excluding carboxylic acids is 1. The number of ether oxygens (including phenoxy) is 4.